The summed E-state index contributed by atoms with van der Waals surface area (Å²) in [5, 5.41) is 15.3. The van der Waals surface area contributed by atoms with E-state index in [1.807, 2.05) is 6.92 Å². The van der Waals surface area contributed by atoms with Crippen molar-refractivity contribution in [3.05, 3.63) is 98.6 Å². The average Bonchev–Trinajstić information content (AvgIpc) is 2.83. The smallest absolute Gasteiger partial charge is 0.270 e. The molecule has 0 aromatic heterocycles. The van der Waals surface area contributed by atoms with E-state index in [1.165, 1.54) is 36.4 Å². The van der Waals surface area contributed by atoms with Crippen molar-refractivity contribution in [2.45, 2.75) is 25.7 Å². The number of rotatable bonds is 8. The third-order valence-corrected chi connectivity index (χ3v) is 7.17. The van der Waals surface area contributed by atoms with E-state index >= 15 is 0 Å². The van der Waals surface area contributed by atoms with Gasteiger partial charge in [-0.2, -0.15) is 5.10 Å². The van der Waals surface area contributed by atoms with Crippen LogP contribution in [0.2, 0.25) is 5.02 Å². The molecule has 0 heterocycles. The molecule has 1 N–H and O–H groups in total. The molecule has 3 aromatic carbocycles. The Morgan fingerprint density at radius 1 is 1.09 bits per heavy atom. The highest BCUT2D eigenvalue weighted by Crippen LogP contribution is 2.29. The number of hydrazone groups is 1. The van der Waals surface area contributed by atoms with Crippen molar-refractivity contribution >= 4 is 44.6 Å². The number of benzene rings is 3. The molecule has 0 fully saturated rings. The molecule has 3 rings (SSSR count). The minimum atomic E-state index is -4.12. The number of hydrogen-bond acceptors (Lipinski definition) is 6. The first kappa shape index (κ1) is 25.9. The van der Waals surface area contributed by atoms with E-state index in [-0.39, 0.29) is 16.3 Å². The lowest BCUT2D eigenvalue weighted by atomic mass is 10.1. The predicted molar refractivity (Wildman–Crippen MR) is 135 cm³/mol. The number of non-ortho nitro benzene ring substituents is 1. The lowest BCUT2D eigenvalue weighted by Crippen LogP contribution is -2.40. The molecule has 3 aromatic rings. The zero-order valence-corrected chi connectivity index (χ0v) is 20.8. The number of aryl methyl sites for hydroxylation is 2. The number of nitrogens with one attached hydrogen (secondary N) is 1. The van der Waals surface area contributed by atoms with Crippen LogP contribution in [0, 0.1) is 24.0 Å². The van der Waals surface area contributed by atoms with Crippen LogP contribution in [0.3, 0.4) is 0 Å². The van der Waals surface area contributed by atoms with Crippen molar-refractivity contribution in [3.63, 3.8) is 0 Å². The lowest BCUT2D eigenvalue weighted by Gasteiger charge is -2.25. The molecule has 1 amide bonds. The Morgan fingerprint density at radius 2 is 1.77 bits per heavy atom. The van der Waals surface area contributed by atoms with Crippen LogP contribution >= 0.6 is 11.6 Å². The van der Waals surface area contributed by atoms with Crippen molar-refractivity contribution < 1.29 is 18.1 Å². The second kappa shape index (κ2) is 10.7. The van der Waals surface area contributed by atoms with Gasteiger partial charge in [-0.15, -0.1) is 0 Å². The van der Waals surface area contributed by atoms with Crippen molar-refractivity contribution in [1.82, 2.24) is 5.43 Å². The molecule has 0 spiro atoms. The quantitative estimate of drug-likeness (QED) is 0.267. The monoisotopic (exact) mass is 514 g/mol. The van der Waals surface area contributed by atoms with Crippen LogP contribution in [0.4, 0.5) is 11.4 Å². The molecule has 0 atom stereocenters. The van der Waals surface area contributed by atoms with Gasteiger partial charge < -0.3 is 0 Å². The molecule has 0 unspecified atom stereocenters. The first-order valence-corrected chi connectivity index (χ1v) is 12.2. The number of nitrogens with zero attached hydrogens (tertiary/aromatic N) is 3. The Hall–Kier alpha value is -3.76. The number of nitro groups is 1. The lowest BCUT2D eigenvalue weighted by molar-refractivity contribution is -0.384. The number of hydrogen-bond donors (Lipinski definition) is 1. The van der Waals surface area contributed by atoms with Crippen LogP contribution in [-0.4, -0.2) is 31.5 Å². The van der Waals surface area contributed by atoms with E-state index in [1.54, 1.807) is 44.2 Å². The molecule has 35 heavy (non-hydrogen) atoms. The predicted octanol–water partition coefficient (Wildman–Crippen LogP) is 4.60. The molecule has 9 nitrogen and oxygen atoms in total. The fourth-order valence-electron chi connectivity index (χ4n) is 3.21. The maximum Gasteiger partial charge on any atom is 0.270 e. The second-order valence-corrected chi connectivity index (χ2v) is 10.1. The fraction of sp³-hybridized carbons (Fsp3) is 0.167. The van der Waals surface area contributed by atoms with Crippen LogP contribution < -0.4 is 9.73 Å². The summed E-state index contributed by atoms with van der Waals surface area (Å²) in [4.78, 5) is 23.3. The van der Waals surface area contributed by atoms with Crippen LogP contribution in [0.1, 0.15) is 23.6 Å². The molecule has 182 valence electrons. The summed E-state index contributed by atoms with van der Waals surface area (Å²) >= 11 is 6.13. The summed E-state index contributed by atoms with van der Waals surface area (Å²) in [6.07, 6.45) is 0. The molecule has 0 saturated heterocycles. The van der Waals surface area contributed by atoms with Gasteiger partial charge in [-0.25, -0.2) is 13.8 Å². The molecule has 0 saturated carbocycles. The van der Waals surface area contributed by atoms with Gasteiger partial charge in [-0.05, 0) is 50.6 Å². The highest BCUT2D eigenvalue weighted by Gasteiger charge is 2.28. The summed E-state index contributed by atoms with van der Waals surface area (Å²) < 4.78 is 28.0. The van der Waals surface area contributed by atoms with E-state index < -0.39 is 27.4 Å². The number of anilines is 1. The molecule has 0 aliphatic carbocycles. The first-order chi connectivity index (χ1) is 16.5. The fourth-order valence-corrected chi connectivity index (χ4v) is 4.85. The molecule has 0 aliphatic heterocycles. The Balaban J connectivity index is 1.92. The Labute approximate surface area is 208 Å². The SMILES string of the molecule is C/C(=N/NC(=O)CN(c1cc(Cl)ccc1C)S(=O)(=O)c1ccc(C)cc1)c1cccc([N+](=O)[O-])c1. The standard InChI is InChI=1S/C24H23ClN4O5S/c1-16-7-11-22(12-8-16)35(33,34)28(23-14-20(25)10-9-17(23)2)15-24(30)27-26-18(3)19-5-4-6-21(13-19)29(31)32/h4-14H,15H2,1-3H3,(H,27,30)/b26-18-. The number of carbonyl (C=O) groups excluding carboxylic acids is 1. The van der Waals surface area contributed by atoms with Gasteiger partial charge in [-0.3, -0.25) is 19.2 Å². The van der Waals surface area contributed by atoms with Crippen LogP contribution in [0.15, 0.2) is 76.7 Å². The zero-order chi connectivity index (χ0) is 25.8. The van der Waals surface area contributed by atoms with Gasteiger partial charge in [0.25, 0.3) is 21.6 Å². The number of halogens is 1. The number of sulfonamides is 1. The third kappa shape index (κ3) is 6.23. The molecule has 0 bridgehead atoms. The van der Waals surface area contributed by atoms with Gasteiger partial charge in [0.1, 0.15) is 6.54 Å². The molecular weight excluding hydrogens is 492 g/mol. The Morgan fingerprint density at radius 3 is 2.43 bits per heavy atom. The van der Waals surface area contributed by atoms with Crippen molar-refractivity contribution in [2.75, 3.05) is 10.8 Å². The topological polar surface area (TPSA) is 122 Å². The van der Waals surface area contributed by atoms with Crippen molar-refractivity contribution in [1.29, 1.82) is 0 Å². The number of amides is 1. The molecule has 11 heteroatoms. The van der Waals surface area contributed by atoms with Crippen LogP contribution in [-0.2, 0) is 14.8 Å². The number of carbonyl (C=O) groups is 1. The highest BCUT2D eigenvalue weighted by molar-refractivity contribution is 7.92. The largest absolute Gasteiger partial charge is 0.271 e. The van der Waals surface area contributed by atoms with Gasteiger partial charge in [0.15, 0.2) is 0 Å². The third-order valence-electron chi connectivity index (χ3n) is 5.16. The van der Waals surface area contributed by atoms with E-state index in [4.69, 9.17) is 11.6 Å². The molecular formula is C24H23ClN4O5S. The number of nitro benzene ring substituents is 1. The molecule has 0 radical (unpaired) electrons. The van der Waals surface area contributed by atoms with Gasteiger partial charge in [0, 0.05) is 22.7 Å². The maximum atomic E-state index is 13.5. The highest BCUT2D eigenvalue weighted by atomic mass is 35.5. The van der Waals surface area contributed by atoms with Crippen LogP contribution in [0.25, 0.3) is 0 Å². The minimum Gasteiger partial charge on any atom is -0.271 e. The second-order valence-electron chi connectivity index (χ2n) is 7.80. The summed E-state index contributed by atoms with van der Waals surface area (Å²) in [5.74, 6) is -0.704. The van der Waals surface area contributed by atoms with E-state index in [0.717, 1.165) is 9.87 Å². The van der Waals surface area contributed by atoms with Crippen molar-refractivity contribution in [2.24, 2.45) is 5.10 Å². The first-order valence-electron chi connectivity index (χ1n) is 10.4. The van der Waals surface area contributed by atoms with E-state index in [9.17, 15) is 23.3 Å². The van der Waals surface area contributed by atoms with Gasteiger partial charge in [0.05, 0.1) is 21.2 Å². The van der Waals surface area contributed by atoms with Crippen LogP contribution in [0.5, 0.6) is 0 Å². The maximum absolute atomic E-state index is 13.5. The Kier molecular flexibility index (Phi) is 7.88. The van der Waals surface area contributed by atoms with E-state index in [0.29, 0.717) is 21.9 Å². The van der Waals surface area contributed by atoms with Gasteiger partial charge >= 0.3 is 0 Å². The Bertz CT molecular complexity index is 1410. The summed E-state index contributed by atoms with van der Waals surface area (Å²) in [6.45, 7) is 4.56. The van der Waals surface area contributed by atoms with Gasteiger partial charge in [0.2, 0.25) is 0 Å². The van der Waals surface area contributed by atoms with E-state index in [2.05, 4.69) is 10.5 Å². The minimum absolute atomic E-state index is 0.0200. The van der Waals surface area contributed by atoms with Crippen molar-refractivity contribution in [3.8, 4) is 0 Å². The van der Waals surface area contributed by atoms with Gasteiger partial charge in [-0.1, -0.05) is 47.5 Å². The molecule has 0 aliphatic rings. The summed E-state index contributed by atoms with van der Waals surface area (Å²) in [6, 6.07) is 16.8. The summed E-state index contributed by atoms with van der Waals surface area (Å²) in [5.41, 5.74) is 4.72. The zero-order valence-electron chi connectivity index (χ0n) is 19.2. The normalized spacial score (nSPS) is 11.7. The average molecular weight is 515 g/mol. The summed E-state index contributed by atoms with van der Waals surface area (Å²) in [7, 11) is -4.12.